The lowest BCUT2D eigenvalue weighted by molar-refractivity contribution is -0.138. The molecule has 0 saturated carbocycles. The Morgan fingerprint density at radius 2 is 2.12 bits per heavy atom. The highest BCUT2D eigenvalue weighted by Crippen LogP contribution is 2.14. The molecule has 1 saturated heterocycles. The van der Waals surface area contributed by atoms with E-state index in [0.29, 0.717) is 26.1 Å². The van der Waals surface area contributed by atoms with E-state index in [-0.39, 0.29) is 0 Å². The highest BCUT2D eigenvalue weighted by atomic mass is 16.5. The molecular formula is C10H15NO5. The molecule has 0 aromatic heterocycles. The van der Waals surface area contributed by atoms with Crippen molar-refractivity contribution in [1.29, 1.82) is 0 Å². The average molecular weight is 229 g/mol. The SMILES string of the molecule is COC(=O)N[C@@H](C=C1CCOCC1)C(=O)O. The lowest BCUT2D eigenvalue weighted by Gasteiger charge is -2.17. The Kier molecular flexibility index (Phi) is 4.78. The quantitative estimate of drug-likeness (QED) is 0.689. The van der Waals surface area contributed by atoms with Crippen molar-refractivity contribution in [1.82, 2.24) is 5.32 Å². The van der Waals surface area contributed by atoms with Crippen LogP contribution in [0.3, 0.4) is 0 Å². The molecule has 0 aromatic carbocycles. The third-order valence-corrected chi connectivity index (χ3v) is 2.26. The maximum Gasteiger partial charge on any atom is 0.407 e. The van der Waals surface area contributed by atoms with Gasteiger partial charge in [-0.05, 0) is 12.8 Å². The molecule has 90 valence electrons. The summed E-state index contributed by atoms with van der Waals surface area (Å²) < 4.78 is 9.50. The summed E-state index contributed by atoms with van der Waals surface area (Å²) >= 11 is 0. The van der Waals surface area contributed by atoms with Crippen molar-refractivity contribution in [3.05, 3.63) is 11.6 Å². The van der Waals surface area contributed by atoms with Crippen LogP contribution in [0.4, 0.5) is 4.79 Å². The molecule has 1 atom stereocenters. The smallest absolute Gasteiger partial charge is 0.407 e. The van der Waals surface area contributed by atoms with Gasteiger partial charge in [0.1, 0.15) is 6.04 Å². The Morgan fingerprint density at radius 1 is 1.50 bits per heavy atom. The second-order valence-corrected chi connectivity index (χ2v) is 3.39. The van der Waals surface area contributed by atoms with Gasteiger partial charge in [-0.1, -0.05) is 11.6 Å². The molecule has 1 fully saturated rings. The Balaban J connectivity index is 2.62. The fourth-order valence-electron chi connectivity index (χ4n) is 1.40. The molecule has 0 bridgehead atoms. The normalized spacial score (nSPS) is 17.4. The predicted octanol–water partition coefficient (Wildman–Crippen LogP) is 0.532. The van der Waals surface area contributed by atoms with Gasteiger partial charge in [0.25, 0.3) is 0 Å². The molecule has 6 heteroatoms. The number of hydrogen-bond donors (Lipinski definition) is 2. The standard InChI is InChI=1S/C10H15NO5/c1-15-10(14)11-8(9(12)13)6-7-2-4-16-5-3-7/h6,8H,2-5H2,1H3,(H,11,14)(H,12,13)/t8-/m0/s1. The van der Waals surface area contributed by atoms with Crippen LogP contribution >= 0.6 is 0 Å². The van der Waals surface area contributed by atoms with Crippen LogP contribution in [-0.4, -0.2) is 43.5 Å². The molecule has 0 unspecified atom stereocenters. The van der Waals surface area contributed by atoms with Gasteiger partial charge >= 0.3 is 12.1 Å². The molecule has 1 aliphatic heterocycles. The van der Waals surface area contributed by atoms with E-state index in [2.05, 4.69) is 10.1 Å². The molecular weight excluding hydrogens is 214 g/mol. The second-order valence-electron chi connectivity index (χ2n) is 3.39. The van der Waals surface area contributed by atoms with Gasteiger partial charge < -0.3 is 19.9 Å². The maximum absolute atomic E-state index is 10.9. The summed E-state index contributed by atoms with van der Waals surface area (Å²) in [5, 5.41) is 11.1. The molecule has 0 aliphatic carbocycles. The largest absolute Gasteiger partial charge is 0.479 e. The lowest BCUT2D eigenvalue weighted by Crippen LogP contribution is -2.39. The molecule has 1 rings (SSSR count). The van der Waals surface area contributed by atoms with Crippen molar-refractivity contribution in [3.8, 4) is 0 Å². The lowest BCUT2D eigenvalue weighted by atomic mass is 10.0. The Hall–Kier alpha value is -1.56. The van der Waals surface area contributed by atoms with Crippen LogP contribution in [0, 0.1) is 0 Å². The van der Waals surface area contributed by atoms with E-state index in [0.717, 1.165) is 5.57 Å². The summed E-state index contributed by atoms with van der Waals surface area (Å²) in [6.07, 6.45) is 2.19. The number of carbonyl (C=O) groups excluding carboxylic acids is 1. The van der Waals surface area contributed by atoms with Crippen LogP contribution in [0.25, 0.3) is 0 Å². The monoisotopic (exact) mass is 229 g/mol. The van der Waals surface area contributed by atoms with Gasteiger partial charge in [-0.2, -0.15) is 0 Å². The van der Waals surface area contributed by atoms with Crippen LogP contribution in [-0.2, 0) is 14.3 Å². The molecule has 1 amide bonds. The van der Waals surface area contributed by atoms with Gasteiger partial charge in [-0.3, -0.25) is 0 Å². The van der Waals surface area contributed by atoms with Gasteiger partial charge in [-0.15, -0.1) is 0 Å². The third-order valence-electron chi connectivity index (χ3n) is 2.26. The first-order chi connectivity index (χ1) is 7.63. The molecule has 16 heavy (non-hydrogen) atoms. The van der Waals surface area contributed by atoms with E-state index in [4.69, 9.17) is 9.84 Å². The summed E-state index contributed by atoms with van der Waals surface area (Å²) in [6.45, 7) is 1.19. The van der Waals surface area contributed by atoms with Crippen LogP contribution in [0.1, 0.15) is 12.8 Å². The van der Waals surface area contributed by atoms with Crippen molar-refractivity contribution >= 4 is 12.1 Å². The number of nitrogens with one attached hydrogen (secondary N) is 1. The van der Waals surface area contributed by atoms with Crippen molar-refractivity contribution in [2.24, 2.45) is 0 Å². The number of ether oxygens (including phenoxy) is 2. The average Bonchev–Trinajstić information content (AvgIpc) is 2.29. The number of carboxylic acid groups (broad SMARTS) is 1. The Morgan fingerprint density at radius 3 is 2.62 bits per heavy atom. The highest BCUT2D eigenvalue weighted by Gasteiger charge is 2.19. The second kappa shape index (κ2) is 6.12. The molecule has 2 N–H and O–H groups in total. The van der Waals surface area contributed by atoms with E-state index >= 15 is 0 Å². The van der Waals surface area contributed by atoms with E-state index in [1.54, 1.807) is 6.08 Å². The van der Waals surface area contributed by atoms with Crippen molar-refractivity contribution in [3.63, 3.8) is 0 Å². The summed E-state index contributed by atoms with van der Waals surface area (Å²) in [5.41, 5.74) is 0.982. The van der Waals surface area contributed by atoms with Crippen molar-refractivity contribution in [2.75, 3.05) is 20.3 Å². The minimum absolute atomic E-state index is 0.594. The maximum atomic E-state index is 10.9. The molecule has 0 aromatic rings. The zero-order valence-corrected chi connectivity index (χ0v) is 9.06. The predicted molar refractivity (Wildman–Crippen MR) is 55.1 cm³/mol. The van der Waals surface area contributed by atoms with Crippen LogP contribution < -0.4 is 5.32 Å². The van der Waals surface area contributed by atoms with E-state index in [9.17, 15) is 9.59 Å². The number of carbonyl (C=O) groups is 2. The first kappa shape index (κ1) is 12.5. The number of aliphatic carboxylic acids is 1. The Bertz CT molecular complexity index is 292. The number of hydrogen-bond acceptors (Lipinski definition) is 4. The molecule has 6 nitrogen and oxygen atoms in total. The summed E-state index contributed by atoms with van der Waals surface area (Å²) in [6, 6.07) is -1.04. The first-order valence-electron chi connectivity index (χ1n) is 4.98. The zero-order chi connectivity index (χ0) is 12.0. The number of rotatable bonds is 3. The van der Waals surface area contributed by atoms with E-state index in [1.807, 2.05) is 0 Å². The first-order valence-corrected chi connectivity index (χ1v) is 4.98. The minimum Gasteiger partial charge on any atom is -0.479 e. The van der Waals surface area contributed by atoms with Gasteiger partial charge in [0.2, 0.25) is 0 Å². The van der Waals surface area contributed by atoms with Crippen molar-refractivity contribution < 1.29 is 24.2 Å². The molecule has 0 spiro atoms. The minimum atomic E-state index is -1.11. The molecule has 1 heterocycles. The number of alkyl carbamates (subject to hydrolysis) is 1. The number of methoxy groups -OCH3 is 1. The van der Waals surface area contributed by atoms with Crippen molar-refractivity contribution in [2.45, 2.75) is 18.9 Å². The van der Waals surface area contributed by atoms with Crippen LogP contribution in [0.2, 0.25) is 0 Å². The van der Waals surface area contributed by atoms with E-state index < -0.39 is 18.1 Å². The molecule has 0 radical (unpaired) electrons. The number of amides is 1. The molecule has 1 aliphatic rings. The summed E-state index contributed by atoms with van der Waals surface area (Å²) in [4.78, 5) is 21.8. The van der Waals surface area contributed by atoms with Gasteiger partial charge in [-0.25, -0.2) is 9.59 Å². The summed E-state index contributed by atoms with van der Waals surface area (Å²) in [5.74, 6) is -1.11. The topological polar surface area (TPSA) is 84.9 Å². The summed E-state index contributed by atoms with van der Waals surface area (Å²) in [7, 11) is 1.19. The zero-order valence-electron chi connectivity index (χ0n) is 9.06. The van der Waals surface area contributed by atoms with Gasteiger partial charge in [0.05, 0.1) is 20.3 Å². The fraction of sp³-hybridized carbons (Fsp3) is 0.600. The fourth-order valence-corrected chi connectivity index (χ4v) is 1.40. The van der Waals surface area contributed by atoms with Crippen LogP contribution in [0.5, 0.6) is 0 Å². The van der Waals surface area contributed by atoms with Gasteiger partial charge in [0.15, 0.2) is 0 Å². The third kappa shape index (κ3) is 3.90. The van der Waals surface area contributed by atoms with Gasteiger partial charge in [0, 0.05) is 0 Å². The van der Waals surface area contributed by atoms with E-state index in [1.165, 1.54) is 7.11 Å². The number of carboxylic acids is 1. The Labute approximate surface area is 93.2 Å². The van der Waals surface area contributed by atoms with Crippen LogP contribution in [0.15, 0.2) is 11.6 Å². The highest BCUT2D eigenvalue weighted by molar-refractivity contribution is 5.81.